The highest BCUT2D eigenvalue weighted by Gasteiger charge is 2.34. The van der Waals surface area contributed by atoms with Crippen LogP contribution in [0.2, 0.25) is 0 Å². The zero-order chi connectivity index (χ0) is 22.8. The first-order chi connectivity index (χ1) is 14.5. The summed E-state index contributed by atoms with van der Waals surface area (Å²) in [6.45, 7) is 5.22. The van der Waals surface area contributed by atoms with Crippen molar-refractivity contribution >= 4 is 27.5 Å². The van der Waals surface area contributed by atoms with E-state index in [1.807, 2.05) is 0 Å². The minimum atomic E-state index is -3.64. The normalized spacial score (nSPS) is 17.2. The number of amides is 2. The number of alkyl carbamates (subject to hydrolysis) is 1. The monoisotopic (exact) mass is 447 g/mol. The minimum absolute atomic E-state index is 0.0134. The fraction of sp³-hybridized carbons (Fsp3) is 0.381. The van der Waals surface area contributed by atoms with Gasteiger partial charge >= 0.3 is 6.09 Å². The van der Waals surface area contributed by atoms with Crippen LogP contribution in [0.1, 0.15) is 49.2 Å². The molecular weight excluding hydrogens is 422 g/mol. The van der Waals surface area contributed by atoms with E-state index in [4.69, 9.17) is 9.47 Å². The summed E-state index contributed by atoms with van der Waals surface area (Å²) in [5.41, 5.74) is 0.237. The second-order valence-electron chi connectivity index (χ2n) is 8.09. The zero-order valence-electron chi connectivity index (χ0n) is 17.8. The molecule has 3 rings (SSSR count). The lowest BCUT2D eigenvalue weighted by atomic mass is 10.0. The van der Waals surface area contributed by atoms with E-state index in [1.165, 1.54) is 31.6 Å². The second-order valence-corrected chi connectivity index (χ2v) is 10.2. The number of nitrogens with zero attached hydrogens (tertiary/aromatic N) is 1. The highest BCUT2D eigenvalue weighted by Crippen LogP contribution is 2.37. The van der Waals surface area contributed by atoms with E-state index in [0.717, 1.165) is 0 Å². The van der Waals surface area contributed by atoms with Crippen molar-refractivity contribution in [2.45, 2.75) is 43.7 Å². The maximum atomic E-state index is 12.8. The predicted molar refractivity (Wildman–Crippen MR) is 114 cm³/mol. The van der Waals surface area contributed by atoms with Crippen molar-refractivity contribution in [3.8, 4) is 5.75 Å². The highest BCUT2D eigenvalue weighted by molar-refractivity contribution is 7.91. The number of hydrogen-bond acceptors (Lipinski definition) is 7. The lowest BCUT2D eigenvalue weighted by molar-refractivity contribution is 0.0500. The number of rotatable bonds is 4. The van der Waals surface area contributed by atoms with Crippen molar-refractivity contribution in [2.75, 3.05) is 18.2 Å². The molecule has 0 unspecified atom stereocenters. The molecule has 2 N–H and O–H groups in total. The minimum Gasteiger partial charge on any atom is -0.496 e. The Morgan fingerprint density at radius 1 is 1.16 bits per heavy atom. The number of carbonyl (C=O) groups is 2. The third-order valence-electron chi connectivity index (χ3n) is 4.59. The topological polar surface area (TPSA) is 124 Å². The van der Waals surface area contributed by atoms with Gasteiger partial charge in [-0.2, -0.15) is 0 Å². The summed E-state index contributed by atoms with van der Waals surface area (Å²) >= 11 is 0. The molecule has 2 aromatic rings. The summed E-state index contributed by atoms with van der Waals surface area (Å²) in [6, 6.07) is 5.40. The number of benzene rings is 1. The Balaban J connectivity index is 1.97. The molecule has 0 fully saturated rings. The number of hydrogen-bond donors (Lipinski definition) is 2. The van der Waals surface area contributed by atoms with Crippen LogP contribution < -0.4 is 15.4 Å². The van der Waals surface area contributed by atoms with Gasteiger partial charge in [-0.05, 0) is 57.0 Å². The van der Waals surface area contributed by atoms with Crippen LogP contribution in [0, 0.1) is 0 Å². The fourth-order valence-electron chi connectivity index (χ4n) is 3.24. The van der Waals surface area contributed by atoms with E-state index in [1.54, 1.807) is 32.9 Å². The Morgan fingerprint density at radius 2 is 1.84 bits per heavy atom. The largest absolute Gasteiger partial charge is 0.496 e. The van der Waals surface area contributed by atoms with Crippen LogP contribution in [0.15, 0.2) is 41.6 Å². The third-order valence-corrected chi connectivity index (χ3v) is 6.39. The molecule has 0 radical (unpaired) electrons. The quantitative estimate of drug-likeness (QED) is 0.738. The van der Waals surface area contributed by atoms with Crippen LogP contribution >= 0.6 is 0 Å². The molecule has 1 aromatic carbocycles. The molecular formula is C21H25N3O6S. The number of carbonyl (C=O) groups excluding carboxylic acids is 2. The number of anilines is 1. The maximum absolute atomic E-state index is 12.8. The van der Waals surface area contributed by atoms with Crippen LogP contribution in [0.25, 0.3) is 0 Å². The van der Waals surface area contributed by atoms with E-state index in [0.29, 0.717) is 11.3 Å². The fourth-order valence-corrected chi connectivity index (χ4v) is 4.86. The van der Waals surface area contributed by atoms with Gasteiger partial charge in [0, 0.05) is 18.1 Å². The van der Waals surface area contributed by atoms with Crippen molar-refractivity contribution in [3.63, 3.8) is 0 Å². The van der Waals surface area contributed by atoms with E-state index in [-0.39, 0.29) is 28.4 Å². The molecule has 0 saturated carbocycles. The Labute approximate surface area is 181 Å². The molecule has 31 heavy (non-hydrogen) atoms. The van der Waals surface area contributed by atoms with Gasteiger partial charge in [-0.1, -0.05) is 0 Å². The molecule has 0 spiro atoms. The molecule has 0 bridgehead atoms. The SMILES string of the molecule is COc1cc2c(cc1C(=O)Nc1ccncc1)S(=O)(=O)CC[C@@H]2NC(=O)OC(C)(C)C. The van der Waals surface area contributed by atoms with Gasteiger partial charge in [-0.15, -0.1) is 0 Å². The predicted octanol–water partition coefficient (Wildman–Crippen LogP) is 3.09. The van der Waals surface area contributed by atoms with Crippen LogP contribution in [0.3, 0.4) is 0 Å². The Kier molecular flexibility index (Phi) is 6.21. The third kappa shape index (κ3) is 5.32. The lowest BCUT2D eigenvalue weighted by Crippen LogP contribution is -2.38. The summed E-state index contributed by atoms with van der Waals surface area (Å²) < 4.78 is 36.1. The van der Waals surface area contributed by atoms with Crippen LogP contribution in [-0.2, 0) is 14.6 Å². The number of ether oxygens (including phenoxy) is 2. The molecule has 2 amide bonds. The van der Waals surface area contributed by atoms with Gasteiger partial charge in [0.2, 0.25) is 0 Å². The van der Waals surface area contributed by atoms with Crippen LogP contribution in [-0.4, -0.2) is 43.9 Å². The second kappa shape index (κ2) is 8.54. The Morgan fingerprint density at radius 3 is 2.45 bits per heavy atom. The first-order valence-corrected chi connectivity index (χ1v) is 11.3. The van der Waals surface area contributed by atoms with E-state index < -0.39 is 33.5 Å². The van der Waals surface area contributed by atoms with Crippen LogP contribution in [0.5, 0.6) is 5.75 Å². The Bertz CT molecular complexity index is 1090. The molecule has 1 atom stereocenters. The van der Waals surface area contributed by atoms with Gasteiger partial charge < -0.3 is 20.1 Å². The number of nitrogens with one attached hydrogen (secondary N) is 2. The molecule has 10 heteroatoms. The average molecular weight is 448 g/mol. The Hall–Kier alpha value is -3.14. The summed E-state index contributed by atoms with van der Waals surface area (Å²) in [6.07, 6.45) is 2.58. The summed E-state index contributed by atoms with van der Waals surface area (Å²) in [4.78, 5) is 28.9. The van der Waals surface area contributed by atoms with E-state index in [2.05, 4.69) is 15.6 Å². The van der Waals surface area contributed by atoms with Gasteiger partial charge in [0.05, 0.1) is 29.4 Å². The molecule has 0 aliphatic carbocycles. The zero-order valence-corrected chi connectivity index (χ0v) is 18.6. The van der Waals surface area contributed by atoms with Crippen LogP contribution in [0.4, 0.5) is 10.5 Å². The lowest BCUT2D eigenvalue weighted by Gasteiger charge is -2.29. The van der Waals surface area contributed by atoms with E-state index in [9.17, 15) is 18.0 Å². The molecule has 166 valence electrons. The van der Waals surface area contributed by atoms with Gasteiger partial charge in [0.15, 0.2) is 9.84 Å². The van der Waals surface area contributed by atoms with Crippen molar-refractivity contribution in [1.82, 2.24) is 10.3 Å². The maximum Gasteiger partial charge on any atom is 0.408 e. The van der Waals surface area contributed by atoms with Gasteiger partial charge in [0.1, 0.15) is 11.4 Å². The molecule has 1 aliphatic heterocycles. The van der Waals surface area contributed by atoms with Crippen molar-refractivity contribution in [2.24, 2.45) is 0 Å². The number of pyridine rings is 1. The molecule has 1 aliphatic rings. The molecule has 0 saturated heterocycles. The first-order valence-electron chi connectivity index (χ1n) is 9.66. The summed E-state index contributed by atoms with van der Waals surface area (Å²) in [5, 5.41) is 5.41. The average Bonchev–Trinajstić information content (AvgIpc) is 2.68. The number of aromatic nitrogens is 1. The number of fused-ring (bicyclic) bond motifs is 1. The molecule has 1 aromatic heterocycles. The smallest absolute Gasteiger partial charge is 0.408 e. The molecule has 2 heterocycles. The highest BCUT2D eigenvalue weighted by atomic mass is 32.2. The van der Waals surface area contributed by atoms with Gasteiger partial charge in [-0.25, -0.2) is 13.2 Å². The standard InChI is InChI=1S/C21H25N3O6S/c1-21(2,3)30-20(26)24-16-7-10-31(27,28)18-12-15(17(29-4)11-14(16)18)19(25)23-13-5-8-22-9-6-13/h5-6,8-9,11-12,16H,7,10H2,1-4H3,(H,24,26)(H,22,23,25)/t16-/m0/s1. The van der Waals surface area contributed by atoms with E-state index >= 15 is 0 Å². The first kappa shape index (κ1) is 22.5. The van der Waals surface area contributed by atoms with Crippen molar-refractivity contribution in [3.05, 3.63) is 47.8 Å². The van der Waals surface area contributed by atoms with Crippen molar-refractivity contribution in [1.29, 1.82) is 0 Å². The number of sulfone groups is 1. The summed E-state index contributed by atoms with van der Waals surface area (Å²) in [5.74, 6) is -0.500. The number of methoxy groups -OCH3 is 1. The van der Waals surface area contributed by atoms with Crippen molar-refractivity contribution < 1.29 is 27.5 Å². The van der Waals surface area contributed by atoms with Gasteiger partial charge in [-0.3, -0.25) is 9.78 Å². The summed E-state index contributed by atoms with van der Waals surface area (Å²) in [7, 11) is -2.25. The van der Waals surface area contributed by atoms with Gasteiger partial charge in [0.25, 0.3) is 5.91 Å². The molecule has 9 nitrogen and oxygen atoms in total.